The van der Waals surface area contributed by atoms with Crippen LogP contribution in [0.15, 0.2) is 73.6 Å². The van der Waals surface area contributed by atoms with Gasteiger partial charge in [0.1, 0.15) is 11.8 Å². The normalized spacial score (nSPS) is 11.0. The summed E-state index contributed by atoms with van der Waals surface area (Å²) in [6.07, 6.45) is 2.59. The molecule has 0 unspecified atom stereocenters. The van der Waals surface area contributed by atoms with Crippen LogP contribution in [0.3, 0.4) is 0 Å². The van der Waals surface area contributed by atoms with E-state index in [1.165, 1.54) is 12.5 Å². The number of carbonyl (C=O) groups is 1. The van der Waals surface area contributed by atoms with Gasteiger partial charge >= 0.3 is 0 Å². The Bertz CT molecular complexity index is 949. The van der Waals surface area contributed by atoms with Gasteiger partial charge in [-0.05, 0) is 30.3 Å². The lowest BCUT2D eigenvalue weighted by Crippen LogP contribution is -2.18. The number of amides is 1. The molecule has 0 aliphatic carbocycles. The van der Waals surface area contributed by atoms with Crippen LogP contribution in [0.2, 0.25) is 0 Å². The fraction of sp³-hybridized carbons (Fsp3) is 0. The quantitative estimate of drug-likeness (QED) is 0.567. The van der Waals surface area contributed by atoms with E-state index in [2.05, 4.69) is 26.5 Å². The third-order valence-electron chi connectivity index (χ3n) is 3.17. The second-order valence-electron chi connectivity index (χ2n) is 4.73. The molecule has 2 aromatic carbocycles. The van der Waals surface area contributed by atoms with Crippen molar-refractivity contribution in [3.05, 3.63) is 80.6 Å². The highest BCUT2D eigenvalue weighted by Gasteiger charge is 2.06. The van der Waals surface area contributed by atoms with Crippen LogP contribution in [-0.2, 0) is 0 Å². The van der Waals surface area contributed by atoms with E-state index >= 15 is 0 Å². The standard InChI is InChI=1S/C17H11BrN2O3/c18-13-6-7-15-14(8-13)16(21)12(10-23-15)9-19-20-17(22)11-4-2-1-3-5-11/h1-10H,(H,20,22)/b19-9+. The summed E-state index contributed by atoms with van der Waals surface area (Å²) in [5.74, 6) is -0.352. The minimum Gasteiger partial charge on any atom is -0.463 e. The lowest BCUT2D eigenvalue weighted by atomic mass is 10.2. The van der Waals surface area contributed by atoms with Crippen LogP contribution in [0.1, 0.15) is 15.9 Å². The summed E-state index contributed by atoms with van der Waals surface area (Å²) >= 11 is 3.32. The highest BCUT2D eigenvalue weighted by Crippen LogP contribution is 2.17. The molecule has 0 fully saturated rings. The summed E-state index contributed by atoms with van der Waals surface area (Å²) < 4.78 is 6.18. The van der Waals surface area contributed by atoms with E-state index < -0.39 is 0 Å². The predicted molar refractivity (Wildman–Crippen MR) is 91.7 cm³/mol. The maximum Gasteiger partial charge on any atom is 0.271 e. The maximum absolute atomic E-state index is 12.3. The molecule has 0 aliphatic heterocycles. The third-order valence-corrected chi connectivity index (χ3v) is 3.66. The van der Waals surface area contributed by atoms with Crippen LogP contribution in [0.5, 0.6) is 0 Å². The number of hydrazone groups is 1. The maximum atomic E-state index is 12.3. The van der Waals surface area contributed by atoms with E-state index in [1.54, 1.807) is 42.5 Å². The lowest BCUT2D eigenvalue weighted by molar-refractivity contribution is 0.0955. The van der Waals surface area contributed by atoms with Crippen LogP contribution in [0.4, 0.5) is 0 Å². The van der Waals surface area contributed by atoms with Gasteiger partial charge in [0.05, 0.1) is 17.2 Å². The molecule has 23 heavy (non-hydrogen) atoms. The molecule has 1 aromatic heterocycles. The molecule has 0 saturated heterocycles. The van der Waals surface area contributed by atoms with E-state index in [0.29, 0.717) is 16.5 Å². The van der Waals surface area contributed by atoms with Gasteiger partial charge in [0, 0.05) is 10.0 Å². The Hall–Kier alpha value is -2.73. The summed E-state index contributed by atoms with van der Waals surface area (Å²) in [6.45, 7) is 0. The molecular weight excluding hydrogens is 360 g/mol. The molecule has 0 aliphatic rings. The Kier molecular flexibility index (Phi) is 4.34. The highest BCUT2D eigenvalue weighted by atomic mass is 79.9. The van der Waals surface area contributed by atoms with E-state index in [9.17, 15) is 9.59 Å². The van der Waals surface area contributed by atoms with Gasteiger partial charge < -0.3 is 4.42 Å². The van der Waals surface area contributed by atoms with Gasteiger partial charge in [-0.15, -0.1) is 0 Å². The zero-order valence-electron chi connectivity index (χ0n) is 11.8. The Morgan fingerprint density at radius 1 is 1.17 bits per heavy atom. The zero-order chi connectivity index (χ0) is 16.2. The van der Waals surface area contributed by atoms with E-state index in [1.807, 2.05) is 6.07 Å². The van der Waals surface area contributed by atoms with Gasteiger partial charge in [0.2, 0.25) is 5.43 Å². The zero-order valence-corrected chi connectivity index (χ0v) is 13.4. The van der Waals surface area contributed by atoms with E-state index in [4.69, 9.17) is 4.42 Å². The van der Waals surface area contributed by atoms with Crippen molar-refractivity contribution in [3.8, 4) is 0 Å². The van der Waals surface area contributed by atoms with E-state index in [-0.39, 0.29) is 16.9 Å². The summed E-state index contributed by atoms with van der Waals surface area (Å²) in [5, 5.41) is 4.25. The molecule has 3 aromatic rings. The monoisotopic (exact) mass is 370 g/mol. The molecule has 5 nitrogen and oxygen atoms in total. The average Bonchev–Trinajstić information content (AvgIpc) is 2.58. The molecule has 0 radical (unpaired) electrons. The van der Waals surface area contributed by atoms with Crippen molar-refractivity contribution in [2.45, 2.75) is 0 Å². The first-order valence-corrected chi connectivity index (χ1v) is 7.54. The smallest absolute Gasteiger partial charge is 0.271 e. The minimum atomic E-state index is -0.352. The molecular formula is C17H11BrN2O3. The molecule has 0 bridgehead atoms. The number of rotatable bonds is 3. The van der Waals surface area contributed by atoms with Gasteiger partial charge in [-0.1, -0.05) is 34.1 Å². The van der Waals surface area contributed by atoms with Crippen LogP contribution < -0.4 is 10.9 Å². The Morgan fingerprint density at radius 3 is 2.74 bits per heavy atom. The summed E-state index contributed by atoms with van der Waals surface area (Å²) in [7, 11) is 0. The molecule has 0 saturated carbocycles. The van der Waals surface area contributed by atoms with Crippen molar-refractivity contribution in [1.29, 1.82) is 0 Å². The molecule has 1 N–H and O–H groups in total. The highest BCUT2D eigenvalue weighted by molar-refractivity contribution is 9.10. The van der Waals surface area contributed by atoms with Crippen LogP contribution >= 0.6 is 15.9 Å². The van der Waals surface area contributed by atoms with Crippen LogP contribution in [0.25, 0.3) is 11.0 Å². The number of hydrogen-bond acceptors (Lipinski definition) is 4. The molecule has 0 atom stereocenters. The fourth-order valence-corrected chi connectivity index (χ4v) is 2.38. The molecule has 0 spiro atoms. The molecule has 1 amide bonds. The van der Waals surface area contributed by atoms with Gasteiger partial charge in [0.25, 0.3) is 5.91 Å². The number of hydrogen-bond donors (Lipinski definition) is 1. The Labute approximate surface area is 139 Å². The van der Waals surface area contributed by atoms with Gasteiger partial charge in [-0.3, -0.25) is 9.59 Å². The number of nitrogens with zero attached hydrogens (tertiary/aromatic N) is 1. The third kappa shape index (κ3) is 3.37. The average molecular weight is 371 g/mol. The van der Waals surface area contributed by atoms with Crippen molar-refractivity contribution in [1.82, 2.24) is 5.43 Å². The van der Waals surface area contributed by atoms with Crippen molar-refractivity contribution < 1.29 is 9.21 Å². The first kappa shape index (κ1) is 15.2. The van der Waals surface area contributed by atoms with Crippen LogP contribution in [-0.4, -0.2) is 12.1 Å². The molecule has 6 heteroatoms. The molecule has 3 rings (SSSR count). The minimum absolute atomic E-state index is 0.217. The van der Waals surface area contributed by atoms with Crippen molar-refractivity contribution in [2.75, 3.05) is 0 Å². The number of fused-ring (bicyclic) bond motifs is 1. The summed E-state index contributed by atoms with van der Waals surface area (Å²) in [5.41, 5.74) is 3.39. The Balaban J connectivity index is 1.83. The first-order chi connectivity index (χ1) is 11.1. The SMILES string of the molecule is O=C(N/N=C/c1coc2ccc(Br)cc2c1=O)c1ccccc1. The topological polar surface area (TPSA) is 71.7 Å². The van der Waals surface area contributed by atoms with Crippen molar-refractivity contribution >= 4 is 39.0 Å². The molecule has 1 heterocycles. The van der Waals surface area contributed by atoms with Crippen molar-refractivity contribution in [3.63, 3.8) is 0 Å². The number of halogens is 1. The second kappa shape index (κ2) is 6.58. The second-order valence-corrected chi connectivity index (χ2v) is 5.64. The summed E-state index contributed by atoms with van der Waals surface area (Å²) in [6, 6.07) is 13.9. The van der Waals surface area contributed by atoms with Crippen LogP contribution in [0, 0.1) is 0 Å². The number of nitrogens with one attached hydrogen (secondary N) is 1. The van der Waals surface area contributed by atoms with Crippen molar-refractivity contribution in [2.24, 2.45) is 5.10 Å². The number of carbonyl (C=O) groups excluding carboxylic acids is 1. The fourth-order valence-electron chi connectivity index (χ4n) is 2.02. The summed E-state index contributed by atoms with van der Waals surface area (Å²) in [4.78, 5) is 24.2. The lowest BCUT2D eigenvalue weighted by Gasteiger charge is -2.00. The number of benzene rings is 2. The van der Waals surface area contributed by atoms with E-state index in [0.717, 1.165) is 4.47 Å². The predicted octanol–water partition coefficient (Wildman–Crippen LogP) is 3.32. The van der Waals surface area contributed by atoms with Gasteiger partial charge in [-0.2, -0.15) is 5.10 Å². The van der Waals surface area contributed by atoms with Gasteiger partial charge in [0.15, 0.2) is 0 Å². The largest absolute Gasteiger partial charge is 0.463 e. The Morgan fingerprint density at radius 2 is 1.96 bits per heavy atom. The molecule has 114 valence electrons. The first-order valence-electron chi connectivity index (χ1n) is 6.74. The van der Waals surface area contributed by atoms with Gasteiger partial charge in [-0.25, -0.2) is 5.43 Å².